The van der Waals surface area contributed by atoms with Crippen LogP contribution in [0, 0.1) is 17.0 Å². The topological polar surface area (TPSA) is 99.6 Å². The Morgan fingerprint density at radius 1 is 1.13 bits per heavy atom. The van der Waals surface area contributed by atoms with Gasteiger partial charge >= 0.3 is 5.69 Å². The number of hydrogen-bond donors (Lipinski definition) is 0. The molecule has 0 saturated heterocycles. The van der Waals surface area contributed by atoms with E-state index in [0.29, 0.717) is 22.3 Å². The Bertz CT molecular complexity index is 1570. The molecule has 0 atom stereocenters. The maximum Gasteiger partial charge on any atom is 0.313 e. The first kappa shape index (κ1) is 25.6. The molecule has 0 spiro atoms. The monoisotopic (exact) mass is 530 g/mol. The van der Waals surface area contributed by atoms with Crippen molar-refractivity contribution >= 4 is 34.4 Å². The number of rotatable bonds is 7. The van der Waals surface area contributed by atoms with Crippen molar-refractivity contribution in [3.8, 4) is 5.75 Å². The van der Waals surface area contributed by atoms with Gasteiger partial charge < -0.3 is 4.74 Å². The van der Waals surface area contributed by atoms with Crippen LogP contribution in [0.3, 0.4) is 0 Å². The number of aromatic nitrogens is 2. The highest BCUT2D eigenvalue weighted by Crippen LogP contribution is 2.37. The third kappa shape index (κ3) is 5.45. The molecule has 1 aliphatic rings. The predicted octanol–water partition coefficient (Wildman–Crippen LogP) is 6.78. The Kier molecular flexibility index (Phi) is 7.51. The number of nitrogens with zero attached hydrogens (tertiary/aromatic N) is 4. The molecular formula is C29H27ClN4O4. The van der Waals surface area contributed by atoms with Gasteiger partial charge in [-0.2, -0.15) is 9.78 Å². The number of hydrogen-bond acceptors (Lipinski definition) is 6. The second kappa shape index (κ2) is 11.1. The molecule has 1 saturated carbocycles. The van der Waals surface area contributed by atoms with E-state index in [4.69, 9.17) is 21.3 Å². The Balaban J connectivity index is 1.50. The van der Waals surface area contributed by atoms with Crippen LogP contribution in [0.25, 0.3) is 10.9 Å². The van der Waals surface area contributed by atoms with Crippen molar-refractivity contribution in [2.75, 3.05) is 0 Å². The fourth-order valence-corrected chi connectivity index (χ4v) is 5.07. The van der Waals surface area contributed by atoms with Gasteiger partial charge in [0, 0.05) is 17.5 Å². The van der Waals surface area contributed by atoms with Crippen LogP contribution >= 0.6 is 11.6 Å². The summed E-state index contributed by atoms with van der Waals surface area (Å²) < 4.78 is 7.09. The van der Waals surface area contributed by atoms with E-state index in [1.54, 1.807) is 18.2 Å². The molecule has 0 radical (unpaired) electrons. The van der Waals surface area contributed by atoms with E-state index < -0.39 is 4.92 Å². The largest absolute Gasteiger partial charge is 0.481 e. The number of aryl methyl sites for hydroxylation is 1. The Hall–Kier alpha value is -4.04. The van der Waals surface area contributed by atoms with Crippen LogP contribution in [0.15, 0.2) is 70.6 Å². The first-order chi connectivity index (χ1) is 18.4. The van der Waals surface area contributed by atoms with Crippen molar-refractivity contribution in [1.29, 1.82) is 0 Å². The first-order valence-corrected chi connectivity index (χ1v) is 13.0. The molecular weight excluding hydrogens is 504 g/mol. The summed E-state index contributed by atoms with van der Waals surface area (Å²) in [6, 6.07) is 17.8. The number of para-hydroxylation sites is 1. The van der Waals surface area contributed by atoms with Gasteiger partial charge in [0.05, 0.1) is 27.1 Å². The third-order valence-electron chi connectivity index (χ3n) is 6.82. The highest BCUT2D eigenvalue weighted by Gasteiger charge is 2.23. The van der Waals surface area contributed by atoms with Gasteiger partial charge in [-0.1, -0.05) is 72.8 Å². The van der Waals surface area contributed by atoms with Crippen LogP contribution in [0.5, 0.6) is 5.75 Å². The molecule has 194 valence electrons. The van der Waals surface area contributed by atoms with Crippen LogP contribution in [0.4, 0.5) is 5.69 Å². The SMILES string of the molecule is Cc1ccc(COc2c(Cl)cc(C=Nn3c(C4CCCCC4)nc4ccccc4c3=O)cc2[N+](=O)[O-])cc1. The van der Waals surface area contributed by atoms with E-state index >= 15 is 0 Å². The normalized spacial score (nSPS) is 14.3. The molecule has 1 aromatic heterocycles. The summed E-state index contributed by atoms with van der Waals surface area (Å²) in [5.74, 6) is 0.721. The van der Waals surface area contributed by atoms with E-state index in [-0.39, 0.29) is 34.5 Å². The van der Waals surface area contributed by atoms with Gasteiger partial charge in [0.2, 0.25) is 5.75 Å². The minimum absolute atomic E-state index is 0.0122. The molecule has 1 heterocycles. The average Bonchev–Trinajstić information content (AvgIpc) is 2.93. The van der Waals surface area contributed by atoms with Crippen molar-refractivity contribution in [2.45, 2.75) is 51.6 Å². The second-order valence-corrected chi connectivity index (χ2v) is 9.97. The molecule has 0 N–H and O–H groups in total. The fraction of sp³-hybridized carbons (Fsp3) is 0.276. The van der Waals surface area contributed by atoms with Gasteiger partial charge in [-0.05, 0) is 43.5 Å². The van der Waals surface area contributed by atoms with Crippen molar-refractivity contribution in [2.24, 2.45) is 5.10 Å². The fourth-order valence-electron chi connectivity index (χ4n) is 4.79. The number of fused-ring (bicyclic) bond motifs is 1. The standard InChI is InChI=1S/C29H27ClN4O4/c1-19-11-13-20(14-12-19)18-38-27-24(30)15-21(16-26(27)34(36)37)17-31-33-28(22-7-3-2-4-8-22)32-25-10-6-5-9-23(25)29(33)35/h5-6,9-17,22H,2-4,7-8,18H2,1H3. The van der Waals surface area contributed by atoms with Gasteiger partial charge in [-0.3, -0.25) is 14.9 Å². The van der Waals surface area contributed by atoms with Crippen LogP contribution in [0.2, 0.25) is 5.02 Å². The lowest BCUT2D eigenvalue weighted by Crippen LogP contribution is -2.25. The molecule has 0 aliphatic heterocycles. The van der Waals surface area contributed by atoms with Crippen molar-refractivity contribution < 1.29 is 9.66 Å². The zero-order valence-electron chi connectivity index (χ0n) is 21.0. The molecule has 3 aromatic carbocycles. The first-order valence-electron chi connectivity index (χ1n) is 12.6. The van der Waals surface area contributed by atoms with Crippen LogP contribution < -0.4 is 10.3 Å². The van der Waals surface area contributed by atoms with Gasteiger partial charge in [-0.25, -0.2) is 4.98 Å². The highest BCUT2D eigenvalue weighted by atomic mass is 35.5. The quantitative estimate of drug-likeness (QED) is 0.149. The van der Waals surface area contributed by atoms with E-state index in [1.165, 1.54) is 17.0 Å². The lowest BCUT2D eigenvalue weighted by Gasteiger charge is -2.22. The Morgan fingerprint density at radius 3 is 2.61 bits per heavy atom. The summed E-state index contributed by atoms with van der Waals surface area (Å²) in [6.45, 7) is 2.12. The van der Waals surface area contributed by atoms with Crippen LogP contribution in [0.1, 0.15) is 60.5 Å². The maximum atomic E-state index is 13.4. The van der Waals surface area contributed by atoms with E-state index in [2.05, 4.69) is 5.10 Å². The summed E-state index contributed by atoms with van der Waals surface area (Å²) >= 11 is 6.44. The lowest BCUT2D eigenvalue weighted by molar-refractivity contribution is -0.385. The smallest absolute Gasteiger partial charge is 0.313 e. The average molecular weight is 531 g/mol. The minimum atomic E-state index is -0.537. The summed E-state index contributed by atoms with van der Waals surface area (Å²) in [6.07, 6.45) is 6.59. The van der Waals surface area contributed by atoms with Gasteiger partial charge in [-0.15, -0.1) is 0 Å². The zero-order chi connectivity index (χ0) is 26.6. The predicted molar refractivity (Wildman–Crippen MR) is 148 cm³/mol. The molecule has 38 heavy (non-hydrogen) atoms. The molecule has 4 aromatic rings. The molecule has 0 bridgehead atoms. The van der Waals surface area contributed by atoms with Crippen molar-refractivity contribution in [3.63, 3.8) is 0 Å². The number of benzene rings is 3. The van der Waals surface area contributed by atoms with Crippen LogP contribution in [-0.2, 0) is 6.61 Å². The van der Waals surface area contributed by atoms with Gasteiger partial charge in [0.1, 0.15) is 12.4 Å². The molecule has 1 fully saturated rings. The molecule has 8 nitrogen and oxygen atoms in total. The number of halogens is 1. The molecule has 0 unspecified atom stereocenters. The molecule has 0 amide bonds. The Labute approximate surface area is 224 Å². The number of nitro benzene ring substituents is 1. The van der Waals surface area contributed by atoms with Crippen molar-refractivity contribution in [1.82, 2.24) is 9.66 Å². The van der Waals surface area contributed by atoms with Crippen molar-refractivity contribution in [3.05, 3.63) is 109 Å². The highest BCUT2D eigenvalue weighted by molar-refractivity contribution is 6.32. The zero-order valence-corrected chi connectivity index (χ0v) is 21.7. The molecule has 9 heteroatoms. The minimum Gasteiger partial charge on any atom is -0.481 e. The summed E-state index contributed by atoms with van der Waals surface area (Å²) in [5, 5.41) is 16.9. The maximum absolute atomic E-state index is 13.4. The third-order valence-corrected chi connectivity index (χ3v) is 7.10. The molecule has 5 rings (SSSR count). The van der Waals surface area contributed by atoms with Gasteiger partial charge in [0.25, 0.3) is 5.56 Å². The van der Waals surface area contributed by atoms with Gasteiger partial charge in [0.15, 0.2) is 0 Å². The second-order valence-electron chi connectivity index (χ2n) is 9.57. The number of nitro groups is 1. The summed E-state index contributed by atoms with van der Waals surface area (Å²) in [4.78, 5) is 29.5. The molecule has 1 aliphatic carbocycles. The van der Waals surface area contributed by atoms with E-state index in [9.17, 15) is 14.9 Å². The van der Waals surface area contributed by atoms with E-state index in [0.717, 1.165) is 43.2 Å². The summed E-state index contributed by atoms with van der Waals surface area (Å²) in [7, 11) is 0. The van der Waals surface area contributed by atoms with Crippen LogP contribution in [-0.4, -0.2) is 20.8 Å². The van der Waals surface area contributed by atoms with E-state index in [1.807, 2.05) is 43.3 Å². The summed E-state index contributed by atoms with van der Waals surface area (Å²) in [5.41, 5.74) is 2.43. The lowest BCUT2D eigenvalue weighted by atomic mass is 9.88. The Morgan fingerprint density at radius 2 is 1.87 bits per heavy atom. The number of ether oxygens (including phenoxy) is 1.